The number of carbonyl (C=O) groups is 2. The standard InChI is InChI=1S/C22H33N5O3.HI/c1-3-17-7-5-8-18(15-17)25-20(28)16-24-22(23-4-2)27-12-10-26(11-13-27)21(29)19-9-6-14-30-19;/h5,7-8,15,19H,3-4,6,9-14,16H2,1-2H3,(H,23,24)(H,25,28);1H. The number of aliphatic imine (C=N–C) groups is 1. The average molecular weight is 543 g/mol. The fraction of sp³-hybridized carbons (Fsp3) is 0.591. The molecule has 2 aliphatic rings. The molecule has 1 atom stereocenters. The molecule has 2 saturated heterocycles. The largest absolute Gasteiger partial charge is 0.368 e. The van der Waals surface area contributed by atoms with Crippen molar-refractivity contribution in [2.24, 2.45) is 4.99 Å². The Morgan fingerprint density at radius 3 is 2.55 bits per heavy atom. The molecule has 8 nitrogen and oxygen atoms in total. The lowest BCUT2D eigenvalue weighted by Crippen LogP contribution is -2.55. The first-order chi connectivity index (χ1) is 14.6. The number of aryl methyl sites for hydroxylation is 1. The molecular formula is C22H34IN5O3. The summed E-state index contributed by atoms with van der Waals surface area (Å²) in [5.41, 5.74) is 1.97. The van der Waals surface area contributed by atoms with E-state index < -0.39 is 0 Å². The van der Waals surface area contributed by atoms with Crippen LogP contribution in [0, 0.1) is 0 Å². The summed E-state index contributed by atoms with van der Waals surface area (Å²) >= 11 is 0. The maximum atomic E-state index is 12.5. The number of benzene rings is 1. The minimum absolute atomic E-state index is 0. The minimum Gasteiger partial charge on any atom is -0.368 e. The van der Waals surface area contributed by atoms with Gasteiger partial charge in [0.2, 0.25) is 5.91 Å². The minimum atomic E-state index is -0.270. The van der Waals surface area contributed by atoms with E-state index in [1.807, 2.05) is 36.1 Å². The summed E-state index contributed by atoms with van der Waals surface area (Å²) in [6, 6.07) is 7.85. The van der Waals surface area contributed by atoms with E-state index in [0.717, 1.165) is 24.9 Å². The first-order valence-corrected chi connectivity index (χ1v) is 10.9. The van der Waals surface area contributed by atoms with Crippen molar-refractivity contribution >= 4 is 47.4 Å². The normalized spacial score (nSPS) is 19.0. The monoisotopic (exact) mass is 543 g/mol. The van der Waals surface area contributed by atoms with Gasteiger partial charge in [-0.1, -0.05) is 19.1 Å². The SMILES string of the molecule is CCNC(=NCC(=O)Nc1cccc(CC)c1)N1CCN(C(=O)C2CCCO2)CC1.I. The zero-order valence-corrected chi connectivity index (χ0v) is 20.8. The van der Waals surface area contributed by atoms with Crippen LogP contribution in [0.25, 0.3) is 0 Å². The van der Waals surface area contributed by atoms with E-state index in [2.05, 4.69) is 27.4 Å². The average Bonchev–Trinajstić information content (AvgIpc) is 3.31. The van der Waals surface area contributed by atoms with E-state index in [1.165, 1.54) is 5.56 Å². The molecule has 31 heavy (non-hydrogen) atoms. The lowest BCUT2D eigenvalue weighted by molar-refractivity contribution is -0.142. The van der Waals surface area contributed by atoms with Crippen molar-refractivity contribution in [2.75, 3.05) is 51.2 Å². The summed E-state index contributed by atoms with van der Waals surface area (Å²) in [5.74, 6) is 0.660. The molecule has 1 aromatic carbocycles. The van der Waals surface area contributed by atoms with Crippen LogP contribution in [0.5, 0.6) is 0 Å². The van der Waals surface area contributed by atoms with Crippen LogP contribution in [0.15, 0.2) is 29.3 Å². The van der Waals surface area contributed by atoms with Crippen molar-refractivity contribution in [3.8, 4) is 0 Å². The maximum Gasteiger partial charge on any atom is 0.251 e. The number of carbonyl (C=O) groups excluding carboxylic acids is 2. The predicted octanol–water partition coefficient (Wildman–Crippen LogP) is 2.09. The van der Waals surface area contributed by atoms with Crippen LogP contribution >= 0.6 is 24.0 Å². The van der Waals surface area contributed by atoms with Crippen LogP contribution in [0.4, 0.5) is 5.69 Å². The fourth-order valence-electron chi connectivity index (χ4n) is 3.76. The van der Waals surface area contributed by atoms with Crippen molar-refractivity contribution in [1.82, 2.24) is 15.1 Å². The smallest absolute Gasteiger partial charge is 0.251 e. The molecule has 9 heteroatoms. The molecule has 2 heterocycles. The zero-order valence-electron chi connectivity index (χ0n) is 18.4. The third-order valence-electron chi connectivity index (χ3n) is 5.42. The Bertz CT molecular complexity index is 759. The zero-order chi connectivity index (χ0) is 21.3. The van der Waals surface area contributed by atoms with Gasteiger partial charge in [0.1, 0.15) is 12.6 Å². The highest BCUT2D eigenvalue weighted by molar-refractivity contribution is 14.0. The van der Waals surface area contributed by atoms with Crippen molar-refractivity contribution in [3.63, 3.8) is 0 Å². The van der Waals surface area contributed by atoms with Gasteiger partial charge in [-0.15, -0.1) is 24.0 Å². The lowest BCUT2D eigenvalue weighted by atomic mass is 10.1. The summed E-state index contributed by atoms with van der Waals surface area (Å²) in [7, 11) is 0. The van der Waals surface area contributed by atoms with Gasteiger partial charge in [0.25, 0.3) is 5.91 Å². The molecule has 0 spiro atoms. The van der Waals surface area contributed by atoms with Crippen LogP contribution in [0.2, 0.25) is 0 Å². The van der Waals surface area contributed by atoms with Gasteiger partial charge < -0.3 is 25.2 Å². The third kappa shape index (κ3) is 7.34. The Morgan fingerprint density at radius 1 is 1.16 bits per heavy atom. The van der Waals surface area contributed by atoms with E-state index in [9.17, 15) is 9.59 Å². The van der Waals surface area contributed by atoms with Gasteiger partial charge in [0, 0.05) is 45.0 Å². The van der Waals surface area contributed by atoms with E-state index in [4.69, 9.17) is 4.74 Å². The van der Waals surface area contributed by atoms with Crippen LogP contribution in [-0.4, -0.2) is 79.6 Å². The van der Waals surface area contributed by atoms with Crippen molar-refractivity contribution in [1.29, 1.82) is 0 Å². The summed E-state index contributed by atoms with van der Waals surface area (Å²) in [6.45, 7) is 8.18. The number of nitrogens with zero attached hydrogens (tertiary/aromatic N) is 3. The summed E-state index contributed by atoms with van der Waals surface area (Å²) in [4.78, 5) is 33.4. The number of ether oxygens (including phenoxy) is 1. The van der Waals surface area contributed by atoms with Gasteiger partial charge in [-0.05, 0) is 43.9 Å². The van der Waals surface area contributed by atoms with Gasteiger partial charge in [0.05, 0.1) is 0 Å². The van der Waals surface area contributed by atoms with Crippen molar-refractivity contribution in [3.05, 3.63) is 29.8 Å². The topological polar surface area (TPSA) is 86.3 Å². The third-order valence-corrected chi connectivity index (χ3v) is 5.42. The number of piperazine rings is 1. The Balaban J connectivity index is 0.00000341. The van der Waals surface area contributed by atoms with E-state index >= 15 is 0 Å². The molecule has 1 unspecified atom stereocenters. The highest BCUT2D eigenvalue weighted by Crippen LogP contribution is 2.16. The first kappa shape index (κ1) is 25.4. The Labute approximate surface area is 201 Å². The van der Waals surface area contributed by atoms with Gasteiger partial charge in [-0.3, -0.25) is 9.59 Å². The molecule has 172 valence electrons. The van der Waals surface area contributed by atoms with Crippen LogP contribution < -0.4 is 10.6 Å². The number of anilines is 1. The lowest BCUT2D eigenvalue weighted by Gasteiger charge is -2.37. The molecule has 2 amide bonds. The molecule has 2 N–H and O–H groups in total. The Hall–Kier alpha value is -1.88. The van der Waals surface area contributed by atoms with E-state index in [0.29, 0.717) is 45.3 Å². The Kier molecular flexibility index (Phi) is 10.5. The van der Waals surface area contributed by atoms with Crippen molar-refractivity contribution in [2.45, 2.75) is 39.2 Å². The fourth-order valence-corrected chi connectivity index (χ4v) is 3.76. The second-order valence-corrected chi connectivity index (χ2v) is 7.59. The van der Waals surface area contributed by atoms with Crippen LogP contribution in [0.3, 0.4) is 0 Å². The van der Waals surface area contributed by atoms with Gasteiger partial charge in [-0.25, -0.2) is 4.99 Å². The van der Waals surface area contributed by atoms with Crippen LogP contribution in [-0.2, 0) is 20.7 Å². The molecular weight excluding hydrogens is 509 g/mol. The van der Waals surface area contributed by atoms with Gasteiger partial charge in [-0.2, -0.15) is 0 Å². The van der Waals surface area contributed by atoms with Gasteiger partial charge >= 0.3 is 0 Å². The maximum absolute atomic E-state index is 12.5. The number of hydrogen-bond acceptors (Lipinski definition) is 4. The molecule has 1 aromatic rings. The molecule has 0 saturated carbocycles. The van der Waals surface area contributed by atoms with E-state index in [-0.39, 0.29) is 48.4 Å². The second-order valence-electron chi connectivity index (χ2n) is 7.59. The molecule has 3 rings (SSSR count). The quantitative estimate of drug-likeness (QED) is 0.326. The second kappa shape index (κ2) is 12.8. The van der Waals surface area contributed by atoms with E-state index in [1.54, 1.807) is 0 Å². The Morgan fingerprint density at radius 2 is 1.90 bits per heavy atom. The highest BCUT2D eigenvalue weighted by atomic mass is 127. The number of guanidine groups is 1. The summed E-state index contributed by atoms with van der Waals surface area (Å²) in [5, 5.41) is 6.17. The number of amides is 2. The molecule has 0 aromatic heterocycles. The number of nitrogens with one attached hydrogen (secondary N) is 2. The molecule has 0 radical (unpaired) electrons. The molecule has 2 aliphatic heterocycles. The molecule has 2 fully saturated rings. The van der Waals surface area contributed by atoms with Crippen molar-refractivity contribution < 1.29 is 14.3 Å². The number of rotatable bonds is 6. The summed E-state index contributed by atoms with van der Waals surface area (Å²) < 4.78 is 5.52. The molecule has 0 bridgehead atoms. The number of halogens is 1. The molecule has 0 aliphatic carbocycles. The summed E-state index contributed by atoms with van der Waals surface area (Å²) in [6.07, 6.45) is 2.43. The predicted molar refractivity (Wildman–Crippen MR) is 133 cm³/mol. The van der Waals surface area contributed by atoms with Crippen LogP contribution in [0.1, 0.15) is 32.3 Å². The van der Waals surface area contributed by atoms with Gasteiger partial charge in [0.15, 0.2) is 5.96 Å². The number of hydrogen-bond donors (Lipinski definition) is 2. The first-order valence-electron chi connectivity index (χ1n) is 10.9. The highest BCUT2D eigenvalue weighted by Gasteiger charge is 2.30.